The summed E-state index contributed by atoms with van der Waals surface area (Å²) in [5.41, 5.74) is 3.03. The number of nitrogens with zero attached hydrogens (tertiary/aromatic N) is 1. The molecule has 24 heavy (non-hydrogen) atoms. The molecular weight excluding hydrogens is 304 g/mol. The van der Waals surface area contributed by atoms with Crippen LogP contribution in [0.4, 0.5) is 5.69 Å². The molecule has 3 aromatic rings. The summed E-state index contributed by atoms with van der Waals surface area (Å²) in [6, 6.07) is 18.7. The quantitative estimate of drug-likeness (QED) is 0.799. The number of carbonyl (C=O) groups excluding carboxylic acids is 1. The fraction of sp³-hybridized carbons (Fsp3) is 0.0526. The average molecular weight is 318 g/mol. The number of aromatic nitrogens is 1. The minimum atomic E-state index is -0.220. The number of rotatable bonds is 3. The van der Waals surface area contributed by atoms with Crippen LogP contribution < -0.4 is 14.8 Å². The van der Waals surface area contributed by atoms with Gasteiger partial charge in [0.25, 0.3) is 5.91 Å². The van der Waals surface area contributed by atoms with Gasteiger partial charge in [0.2, 0.25) is 6.79 Å². The van der Waals surface area contributed by atoms with E-state index in [4.69, 9.17) is 9.47 Å². The van der Waals surface area contributed by atoms with Crippen molar-refractivity contribution in [2.45, 2.75) is 0 Å². The number of nitrogens with one attached hydrogen (secondary N) is 1. The topological polar surface area (TPSA) is 60.5 Å². The minimum Gasteiger partial charge on any atom is -0.454 e. The summed E-state index contributed by atoms with van der Waals surface area (Å²) < 4.78 is 10.5. The molecule has 0 bridgehead atoms. The lowest BCUT2D eigenvalue weighted by Gasteiger charge is -2.07. The number of fused-ring (bicyclic) bond motifs is 1. The van der Waals surface area contributed by atoms with Crippen LogP contribution in [-0.4, -0.2) is 17.7 Å². The highest BCUT2D eigenvalue weighted by molar-refractivity contribution is 6.04. The van der Waals surface area contributed by atoms with E-state index < -0.39 is 0 Å². The van der Waals surface area contributed by atoms with Gasteiger partial charge in [-0.2, -0.15) is 0 Å². The maximum Gasteiger partial charge on any atom is 0.255 e. The van der Waals surface area contributed by atoms with E-state index >= 15 is 0 Å². The molecule has 1 aliphatic heterocycles. The number of carbonyl (C=O) groups is 1. The Labute approximate surface area is 138 Å². The van der Waals surface area contributed by atoms with Crippen LogP contribution in [0.5, 0.6) is 11.5 Å². The van der Waals surface area contributed by atoms with Gasteiger partial charge in [-0.25, -0.2) is 0 Å². The molecule has 0 fully saturated rings. The number of anilines is 1. The maximum absolute atomic E-state index is 12.3. The summed E-state index contributed by atoms with van der Waals surface area (Å²) in [7, 11) is 0. The average Bonchev–Trinajstić information content (AvgIpc) is 3.11. The van der Waals surface area contributed by atoms with Crippen LogP contribution in [0.2, 0.25) is 0 Å². The lowest BCUT2D eigenvalue weighted by molar-refractivity contribution is 0.102. The van der Waals surface area contributed by atoms with E-state index in [9.17, 15) is 4.79 Å². The molecular formula is C19H14N2O3. The minimum absolute atomic E-state index is 0.186. The third kappa shape index (κ3) is 2.79. The molecule has 0 unspecified atom stereocenters. The van der Waals surface area contributed by atoms with Crippen LogP contribution in [-0.2, 0) is 0 Å². The van der Waals surface area contributed by atoms with Crippen molar-refractivity contribution in [1.82, 2.24) is 4.98 Å². The van der Waals surface area contributed by atoms with Crippen molar-refractivity contribution < 1.29 is 14.3 Å². The van der Waals surface area contributed by atoms with E-state index in [0.29, 0.717) is 22.7 Å². The van der Waals surface area contributed by atoms with Gasteiger partial charge in [0.1, 0.15) is 0 Å². The lowest BCUT2D eigenvalue weighted by atomic mass is 10.1. The van der Waals surface area contributed by atoms with Crippen molar-refractivity contribution in [1.29, 1.82) is 0 Å². The van der Waals surface area contributed by atoms with E-state index in [-0.39, 0.29) is 12.7 Å². The zero-order chi connectivity index (χ0) is 16.4. The molecule has 0 aliphatic carbocycles. The first-order valence-electron chi connectivity index (χ1n) is 7.52. The zero-order valence-electron chi connectivity index (χ0n) is 12.7. The van der Waals surface area contributed by atoms with Crippen LogP contribution in [0.15, 0.2) is 66.9 Å². The monoisotopic (exact) mass is 318 g/mol. The van der Waals surface area contributed by atoms with Gasteiger partial charge >= 0.3 is 0 Å². The van der Waals surface area contributed by atoms with Crippen molar-refractivity contribution in [3.8, 4) is 22.8 Å². The third-order valence-electron chi connectivity index (χ3n) is 3.73. The van der Waals surface area contributed by atoms with Crippen LogP contribution >= 0.6 is 0 Å². The second kappa shape index (κ2) is 6.04. The Morgan fingerprint density at radius 1 is 0.958 bits per heavy atom. The van der Waals surface area contributed by atoms with Gasteiger partial charge in [0.05, 0.1) is 17.6 Å². The van der Waals surface area contributed by atoms with Gasteiger partial charge in [-0.1, -0.05) is 30.3 Å². The van der Waals surface area contributed by atoms with Gasteiger partial charge in [0.15, 0.2) is 11.5 Å². The molecule has 2 heterocycles. The summed E-state index contributed by atoms with van der Waals surface area (Å²) in [6.45, 7) is 0.186. The molecule has 5 heteroatoms. The van der Waals surface area contributed by atoms with Gasteiger partial charge in [-0.15, -0.1) is 0 Å². The van der Waals surface area contributed by atoms with Crippen LogP contribution in [0, 0.1) is 0 Å². The normalized spacial score (nSPS) is 12.0. The van der Waals surface area contributed by atoms with Crippen molar-refractivity contribution in [3.63, 3.8) is 0 Å². The fourth-order valence-corrected chi connectivity index (χ4v) is 2.49. The molecule has 0 atom stereocenters. The maximum atomic E-state index is 12.3. The molecule has 0 radical (unpaired) electrons. The summed E-state index contributed by atoms with van der Waals surface area (Å²) in [4.78, 5) is 16.7. The van der Waals surface area contributed by atoms with Crippen LogP contribution in [0.25, 0.3) is 11.3 Å². The number of amides is 1. The third-order valence-corrected chi connectivity index (χ3v) is 3.73. The Hall–Kier alpha value is -3.34. The smallest absolute Gasteiger partial charge is 0.255 e. The molecule has 0 saturated heterocycles. The molecule has 1 aromatic heterocycles. The van der Waals surface area contributed by atoms with E-state index in [1.165, 1.54) is 0 Å². The summed E-state index contributed by atoms with van der Waals surface area (Å²) in [5.74, 6) is 1.02. The Bertz CT molecular complexity index is 877. The molecule has 0 saturated carbocycles. The van der Waals surface area contributed by atoms with Gasteiger partial charge in [0, 0.05) is 11.1 Å². The SMILES string of the molecule is O=C(Nc1ccc(-c2ccccc2)nc1)c1ccc2c(c1)OCO2. The largest absolute Gasteiger partial charge is 0.454 e. The van der Waals surface area contributed by atoms with Gasteiger partial charge < -0.3 is 14.8 Å². The van der Waals surface area contributed by atoms with E-state index in [2.05, 4.69) is 10.3 Å². The predicted octanol–water partition coefficient (Wildman–Crippen LogP) is 3.73. The first kappa shape index (κ1) is 14.3. The number of benzene rings is 2. The number of ether oxygens (including phenoxy) is 2. The van der Waals surface area contributed by atoms with Crippen molar-refractivity contribution in [3.05, 3.63) is 72.4 Å². The molecule has 2 aromatic carbocycles. The number of pyridine rings is 1. The lowest BCUT2D eigenvalue weighted by Crippen LogP contribution is -2.11. The highest BCUT2D eigenvalue weighted by Gasteiger charge is 2.16. The predicted molar refractivity (Wildman–Crippen MR) is 90.2 cm³/mol. The Morgan fingerprint density at radius 2 is 1.79 bits per heavy atom. The van der Waals surface area contributed by atoms with Gasteiger partial charge in [-0.05, 0) is 30.3 Å². The number of hydrogen-bond donors (Lipinski definition) is 1. The second-order valence-electron chi connectivity index (χ2n) is 5.32. The van der Waals surface area contributed by atoms with Crippen LogP contribution in [0.1, 0.15) is 10.4 Å². The molecule has 1 N–H and O–H groups in total. The molecule has 118 valence electrons. The van der Waals surface area contributed by atoms with Crippen LogP contribution in [0.3, 0.4) is 0 Å². The first-order valence-corrected chi connectivity index (χ1v) is 7.52. The highest BCUT2D eigenvalue weighted by Crippen LogP contribution is 2.32. The standard InChI is InChI=1S/C19H14N2O3/c22-19(14-6-9-17-18(10-14)24-12-23-17)21-15-7-8-16(20-11-15)13-4-2-1-3-5-13/h1-11H,12H2,(H,21,22). The number of hydrogen-bond acceptors (Lipinski definition) is 4. The van der Waals surface area contributed by atoms with E-state index in [1.807, 2.05) is 42.5 Å². The van der Waals surface area contributed by atoms with Gasteiger partial charge in [-0.3, -0.25) is 9.78 Å². The molecule has 0 spiro atoms. The Kier molecular flexibility index (Phi) is 3.59. The van der Waals surface area contributed by atoms with E-state index in [1.54, 1.807) is 24.4 Å². The second-order valence-corrected chi connectivity index (χ2v) is 5.32. The zero-order valence-corrected chi connectivity index (χ0v) is 12.7. The summed E-state index contributed by atoms with van der Waals surface area (Å²) in [5, 5.41) is 2.83. The molecule has 1 amide bonds. The Balaban J connectivity index is 1.50. The fourth-order valence-electron chi connectivity index (χ4n) is 2.49. The Morgan fingerprint density at radius 3 is 2.58 bits per heavy atom. The van der Waals surface area contributed by atoms with Crippen molar-refractivity contribution in [2.24, 2.45) is 0 Å². The summed E-state index contributed by atoms with van der Waals surface area (Å²) in [6.07, 6.45) is 1.65. The summed E-state index contributed by atoms with van der Waals surface area (Å²) >= 11 is 0. The van der Waals surface area contributed by atoms with Crippen molar-refractivity contribution >= 4 is 11.6 Å². The molecule has 4 rings (SSSR count). The molecule has 1 aliphatic rings. The van der Waals surface area contributed by atoms with Crippen molar-refractivity contribution in [2.75, 3.05) is 12.1 Å². The van der Waals surface area contributed by atoms with E-state index in [0.717, 1.165) is 11.3 Å². The first-order chi connectivity index (χ1) is 11.8. The highest BCUT2D eigenvalue weighted by atomic mass is 16.7. The molecule has 5 nitrogen and oxygen atoms in total.